The monoisotopic (exact) mass is 283 g/mol. The average molecular weight is 283 g/mol. The van der Waals surface area contributed by atoms with Gasteiger partial charge in [0.05, 0.1) is 13.2 Å². The number of nitrogens with one attached hydrogen (secondary N) is 1. The van der Waals surface area contributed by atoms with Gasteiger partial charge in [0.25, 0.3) is 0 Å². The number of aliphatic hydroxyl groups excluding tert-OH is 1. The molecular weight excluding hydrogens is 258 g/mol. The molecule has 0 amide bonds. The van der Waals surface area contributed by atoms with Gasteiger partial charge >= 0.3 is 0 Å². The maximum absolute atomic E-state index is 8.80. The van der Waals surface area contributed by atoms with Gasteiger partial charge in [0.1, 0.15) is 6.61 Å². The van der Waals surface area contributed by atoms with Crippen molar-refractivity contribution in [2.45, 2.75) is 19.9 Å². The first-order valence-electron chi connectivity index (χ1n) is 7.00. The van der Waals surface area contributed by atoms with Gasteiger partial charge in [-0.25, -0.2) is 0 Å². The van der Waals surface area contributed by atoms with Gasteiger partial charge in [-0.3, -0.25) is 0 Å². The average Bonchev–Trinajstić information content (AvgIpc) is 2.46. The van der Waals surface area contributed by atoms with Gasteiger partial charge in [-0.05, 0) is 37.6 Å². The van der Waals surface area contributed by atoms with Crippen LogP contribution in [0.5, 0.6) is 11.5 Å². The normalized spacial score (nSPS) is 10.6. The number of methoxy groups -OCH3 is 1. The van der Waals surface area contributed by atoms with Crippen molar-refractivity contribution >= 4 is 0 Å². The summed E-state index contributed by atoms with van der Waals surface area (Å²) in [5.41, 5.74) is 1.14. The van der Waals surface area contributed by atoms with Crippen LogP contribution in [0.25, 0.3) is 0 Å². The van der Waals surface area contributed by atoms with Gasteiger partial charge in [0.15, 0.2) is 11.5 Å². The lowest BCUT2D eigenvalue weighted by Crippen LogP contribution is -2.16. The predicted molar refractivity (Wildman–Crippen MR) is 78.4 cm³/mol. The maximum Gasteiger partial charge on any atom is 0.161 e. The largest absolute Gasteiger partial charge is 0.490 e. The first kappa shape index (κ1) is 16.8. The molecule has 1 aromatic rings. The number of hydrogen-bond acceptors (Lipinski definition) is 5. The topological polar surface area (TPSA) is 60.0 Å². The predicted octanol–water partition coefficient (Wildman–Crippen LogP) is 1.58. The van der Waals surface area contributed by atoms with Crippen LogP contribution in [-0.2, 0) is 11.3 Å². The highest BCUT2D eigenvalue weighted by atomic mass is 16.5. The lowest BCUT2D eigenvalue weighted by molar-refractivity contribution is 0.193. The molecule has 0 aliphatic heterocycles. The molecular formula is C15H25NO4. The van der Waals surface area contributed by atoms with Crippen molar-refractivity contribution in [2.24, 2.45) is 0 Å². The highest BCUT2D eigenvalue weighted by molar-refractivity contribution is 5.43. The highest BCUT2D eigenvalue weighted by Crippen LogP contribution is 2.28. The molecule has 0 saturated heterocycles. The number of rotatable bonds is 11. The Morgan fingerprint density at radius 1 is 1.15 bits per heavy atom. The van der Waals surface area contributed by atoms with Gasteiger partial charge in [0, 0.05) is 20.3 Å². The van der Waals surface area contributed by atoms with E-state index in [1.807, 2.05) is 25.1 Å². The highest BCUT2D eigenvalue weighted by Gasteiger charge is 2.06. The van der Waals surface area contributed by atoms with Crippen LogP contribution in [0, 0.1) is 0 Å². The van der Waals surface area contributed by atoms with E-state index in [2.05, 4.69) is 5.32 Å². The van der Waals surface area contributed by atoms with Gasteiger partial charge in [0.2, 0.25) is 0 Å². The van der Waals surface area contributed by atoms with Crippen molar-refractivity contribution in [3.8, 4) is 11.5 Å². The molecule has 2 N–H and O–H groups in total. The molecule has 0 heterocycles. The van der Waals surface area contributed by atoms with Crippen molar-refractivity contribution < 1.29 is 19.3 Å². The third-order valence-electron chi connectivity index (χ3n) is 2.69. The maximum atomic E-state index is 8.80. The van der Waals surface area contributed by atoms with E-state index in [0.717, 1.165) is 37.4 Å². The summed E-state index contributed by atoms with van der Waals surface area (Å²) >= 11 is 0. The summed E-state index contributed by atoms with van der Waals surface area (Å²) in [4.78, 5) is 0. The van der Waals surface area contributed by atoms with Crippen molar-refractivity contribution in [1.82, 2.24) is 5.32 Å². The van der Waals surface area contributed by atoms with Crippen molar-refractivity contribution in [3.63, 3.8) is 0 Å². The Bertz CT molecular complexity index is 371. The minimum Gasteiger partial charge on any atom is -0.490 e. The molecule has 0 fully saturated rings. The molecule has 0 aromatic heterocycles. The zero-order chi connectivity index (χ0) is 14.6. The second-order valence-corrected chi connectivity index (χ2v) is 4.31. The van der Waals surface area contributed by atoms with Gasteiger partial charge in [-0.1, -0.05) is 6.07 Å². The SMILES string of the molecule is CCOc1cc(CNCCCOC)ccc1OCCO. The molecule has 0 atom stereocenters. The Kier molecular flexibility index (Phi) is 8.78. The van der Waals surface area contributed by atoms with Crippen LogP contribution in [0.15, 0.2) is 18.2 Å². The molecule has 1 rings (SSSR count). The van der Waals surface area contributed by atoms with Crippen LogP contribution in [-0.4, -0.2) is 45.2 Å². The number of benzene rings is 1. The van der Waals surface area contributed by atoms with Crippen LogP contribution in [0.3, 0.4) is 0 Å². The van der Waals surface area contributed by atoms with Crippen molar-refractivity contribution in [3.05, 3.63) is 23.8 Å². The van der Waals surface area contributed by atoms with Gasteiger partial charge in [-0.2, -0.15) is 0 Å². The summed E-state index contributed by atoms with van der Waals surface area (Å²) in [6.45, 7) is 5.25. The number of aliphatic hydroxyl groups is 1. The van der Waals surface area contributed by atoms with E-state index in [-0.39, 0.29) is 13.2 Å². The molecule has 0 aliphatic rings. The second kappa shape index (κ2) is 10.5. The molecule has 20 heavy (non-hydrogen) atoms. The minimum atomic E-state index is -0.00558. The Morgan fingerprint density at radius 2 is 2.00 bits per heavy atom. The zero-order valence-electron chi connectivity index (χ0n) is 12.4. The van der Waals surface area contributed by atoms with E-state index >= 15 is 0 Å². The Balaban J connectivity index is 2.52. The van der Waals surface area contributed by atoms with E-state index in [0.29, 0.717) is 12.4 Å². The van der Waals surface area contributed by atoms with Crippen LogP contribution in [0.1, 0.15) is 18.9 Å². The van der Waals surface area contributed by atoms with Crippen LogP contribution in [0.4, 0.5) is 0 Å². The van der Waals surface area contributed by atoms with Gasteiger partial charge in [-0.15, -0.1) is 0 Å². The first-order valence-corrected chi connectivity index (χ1v) is 7.00. The van der Waals surface area contributed by atoms with Crippen LogP contribution < -0.4 is 14.8 Å². The van der Waals surface area contributed by atoms with E-state index < -0.39 is 0 Å². The smallest absolute Gasteiger partial charge is 0.161 e. The molecule has 0 unspecified atom stereocenters. The third kappa shape index (κ3) is 6.23. The van der Waals surface area contributed by atoms with E-state index in [1.54, 1.807) is 7.11 Å². The van der Waals surface area contributed by atoms with Crippen LogP contribution in [0.2, 0.25) is 0 Å². The van der Waals surface area contributed by atoms with E-state index in [4.69, 9.17) is 19.3 Å². The summed E-state index contributed by atoms with van der Waals surface area (Å²) in [5.74, 6) is 1.39. The summed E-state index contributed by atoms with van der Waals surface area (Å²) < 4.78 is 16.0. The van der Waals surface area contributed by atoms with E-state index in [9.17, 15) is 0 Å². The Morgan fingerprint density at radius 3 is 2.70 bits per heavy atom. The zero-order valence-corrected chi connectivity index (χ0v) is 12.4. The Hall–Kier alpha value is -1.30. The van der Waals surface area contributed by atoms with Crippen molar-refractivity contribution in [2.75, 3.05) is 40.1 Å². The summed E-state index contributed by atoms with van der Waals surface area (Å²) in [6, 6.07) is 5.85. The number of hydrogen-bond donors (Lipinski definition) is 2. The molecule has 0 bridgehead atoms. The number of ether oxygens (including phenoxy) is 3. The fraction of sp³-hybridized carbons (Fsp3) is 0.600. The second-order valence-electron chi connectivity index (χ2n) is 4.31. The molecule has 114 valence electrons. The molecule has 0 radical (unpaired) electrons. The molecule has 5 nitrogen and oxygen atoms in total. The summed E-state index contributed by atoms with van der Waals surface area (Å²) in [5, 5.41) is 12.2. The molecule has 0 saturated carbocycles. The third-order valence-corrected chi connectivity index (χ3v) is 2.69. The molecule has 0 aliphatic carbocycles. The fourth-order valence-corrected chi connectivity index (χ4v) is 1.78. The molecule has 0 spiro atoms. The quantitative estimate of drug-likeness (QED) is 0.604. The lowest BCUT2D eigenvalue weighted by Gasteiger charge is -2.13. The Labute approximate surface area is 120 Å². The fourth-order valence-electron chi connectivity index (χ4n) is 1.78. The summed E-state index contributed by atoms with van der Waals surface area (Å²) in [7, 11) is 1.71. The molecule has 1 aromatic carbocycles. The first-order chi connectivity index (χ1) is 9.81. The van der Waals surface area contributed by atoms with Crippen LogP contribution >= 0.6 is 0 Å². The van der Waals surface area contributed by atoms with Gasteiger partial charge < -0.3 is 24.6 Å². The summed E-state index contributed by atoms with van der Waals surface area (Å²) in [6.07, 6.45) is 0.993. The van der Waals surface area contributed by atoms with Crippen molar-refractivity contribution in [1.29, 1.82) is 0 Å². The minimum absolute atomic E-state index is 0.00558. The lowest BCUT2D eigenvalue weighted by atomic mass is 10.2. The van der Waals surface area contributed by atoms with E-state index in [1.165, 1.54) is 0 Å². The molecule has 5 heteroatoms. The standard InChI is InChI=1S/C15H25NO4/c1-3-19-15-11-13(12-16-7-4-9-18-2)5-6-14(15)20-10-8-17/h5-6,11,16-17H,3-4,7-10,12H2,1-2H3.